The maximum absolute atomic E-state index is 6.47. The highest BCUT2D eigenvalue weighted by Crippen LogP contribution is 2.37. The average molecular weight is 441 g/mol. The van der Waals surface area contributed by atoms with Crippen LogP contribution in [0.25, 0.3) is 0 Å². The molecule has 0 unspecified atom stereocenters. The molecule has 148 valence electrons. The second-order valence-corrected chi connectivity index (χ2v) is 7.30. The van der Waals surface area contributed by atoms with Gasteiger partial charge >= 0.3 is 0 Å². The molecule has 4 nitrogen and oxygen atoms in total. The van der Waals surface area contributed by atoms with Crippen LogP contribution in [0.3, 0.4) is 0 Å². The lowest BCUT2D eigenvalue weighted by Crippen LogP contribution is -2.12. The maximum Gasteiger partial charge on any atom is 0.180 e. The molecule has 1 N–H and O–H groups in total. The molecule has 0 amide bonds. The summed E-state index contributed by atoms with van der Waals surface area (Å²) >= 11 is 18.6. The molecule has 0 aliphatic rings. The van der Waals surface area contributed by atoms with E-state index in [1.165, 1.54) is 0 Å². The Kier molecular flexibility index (Phi) is 7.51. The van der Waals surface area contributed by atoms with Crippen molar-refractivity contribution in [1.29, 1.82) is 0 Å². The lowest BCUT2D eigenvalue weighted by atomic mass is 10.2. The summed E-state index contributed by atoms with van der Waals surface area (Å²) in [6, 6.07) is 12.8. The van der Waals surface area contributed by atoms with E-state index in [0.717, 1.165) is 16.9 Å². The molecule has 0 saturated carbocycles. The molecule has 0 atom stereocenters. The SMILES string of the molecule is CCOc1cc(CNCc2ccco2)cc(Cl)c1OCc1ccc(Cl)cc1Cl. The smallest absolute Gasteiger partial charge is 0.180 e. The predicted octanol–water partition coefficient (Wildman–Crippen LogP) is 6.51. The molecule has 28 heavy (non-hydrogen) atoms. The Bertz CT molecular complexity index is 914. The first-order valence-corrected chi connectivity index (χ1v) is 9.95. The zero-order chi connectivity index (χ0) is 19.9. The highest BCUT2D eigenvalue weighted by atomic mass is 35.5. The van der Waals surface area contributed by atoms with E-state index in [1.807, 2.05) is 37.3 Å². The zero-order valence-corrected chi connectivity index (χ0v) is 17.6. The molecule has 1 aromatic heterocycles. The lowest BCUT2D eigenvalue weighted by molar-refractivity contribution is 0.269. The van der Waals surface area contributed by atoms with Gasteiger partial charge in [0.05, 0.1) is 24.4 Å². The second-order valence-electron chi connectivity index (χ2n) is 6.05. The fourth-order valence-electron chi connectivity index (χ4n) is 2.66. The van der Waals surface area contributed by atoms with Gasteiger partial charge in [0.2, 0.25) is 0 Å². The number of furan rings is 1. The standard InChI is InChI=1S/C21H20Cl3NO3/c1-2-26-20-9-14(11-25-12-17-4-3-7-27-17)8-19(24)21(20)28-13-15-5-6-16(22)10-18(15)23/h3-10,25H,2,11-13H2,1H3. The molecular weight excluding hydrogens is 421 g/mol. The van der Waals surface area contributed by atoms with Crippen LogP contribution in [0.1, 0.15) is 23.8 Å². The van der Waals surface area contributed by atoms with Crippen LogP contribution in [0.2, 0.25) is 15.1 Å². The summed E-state index contributed by atoms with van der Waals surface area (Å²) in [6.45, 7) is 3.91. The van der Waals surface area contributed by atoms with Gasteiger partial charge < -0.3 is 19.2 Å². The first kappa shape index (κ1) is 20.9. The minimum absolute atomic E-state index is 0.256. The summed E-state index contributed by atoms with van der Waals surface area (Å²) in [5.41, 5.74) is 1.80. The van der Waals surface area contributed by atoms with E-state index in [4.69, 9.17) is 48.7 Å². The minimum atomic E-state index is 0.256. The van der Waals surface area contributed by atoms with Crippen molar-refractivity contribution in [2.24, 2.45) is 0 Å². The topological polar surface area (TPSA) is 43.6 Å². The van der Waals surface area contributed by atoms with Gasteiger partial charge in [-0.1, -0.05) is 40.9 Å². The van der Waals surface area contributed by atoms with Gasteiger partial charge in [-0.3, -0.25) is 0 Å². The highest BCUT2D eigenvalue weighted by molar-refractivity contribution is 6.35. The Morgan fingerprint density at radius 3 is 2.54 bits per heavy atom. The first-order chi connectivity index (χ1) is 13.6. The van der Waals surface area contributed by atoms with E-state index in [1.54, 1.807) is 18.4 Å². The van der Waals surface area contributed by atoms with Gasteiger partial charge in [-0.2, -0.15) is 0 Å². The van der Waals surface area contributed by atoms with Gasteiger partial charge in [0, 0.05) is 22.2 Å². The summed E-state index contributed by atoms with van der Waals surface area (Å²) in [7, 11) is 0. The van der Waals surface area contributed by atoms with E-state index < -0.39 is 0 Å². The van der Waals surface area contributed by atoms with Crippen molar-refractivity contribution in [2.75, 3.05) is 6.61 Å². The predicted molar refractivity (Wildman–Crippen MR) is 113 cm³/mol. The first-order valence-electron chi connectivity index (χ1n) is 8.82. The lowest BCUT2D eigenvalue weighted by Gasteiger charge is -2.16. The van der Waals surface area contributed by atoms with Gasteiger partial charge in [0.1, 0.15) is 12.4 Å². The average Bonchev–Trinajstić information content (AvgIpc) is 3.16. The van der Waals surface area contributed by atoms with Crippen LogP contribution >= 0.6 is 34.8 Å². The van der Waals surface area contributed by atoms with Crippen molar-refractivity contribution in [2.45, 2.75) is 26.6 Å². The molecule has 0 fully saturated rings. The zero-order valence-electron chi connectivity index (χ0n) is 15.3. The molecular formula is C21H20Cl3NO3. The third-order valence-corrected chi connectivity index (χ3v) is 4.83. The van der Waals surface area contributed by atoms with Gasteiger partial charge in [0.15, 0.2) is 11.5 Å². The van der Waals surface area contributed by atoms with E-state index in [-0.39, 0.29) is 6.61 Å². The molecule has 0 aliphatic carbocycles. The Morgan fingerprint density at radius 1 is 0.964 bits per heavy atom. The van der Waals surface area contributed by atoms with Crippen LogP contribution in [-0.4, -0.2) is 6.61 Å². The Hall–Kier alpha value is -1.85. The van der Waals surface area contributed by atoms with E-state index in [9.17, 15) is 0 Å². The molecule has 7 heteroatoms. The number of benzene rings is 2. The molecule has 1 heterocycles. The Balaban J connectivity index is 1.70. The number of halogens is 3. The molecule has 0 radical (unpaired) electrons. The van der Waals surface area contributed by atoms with E-state index >= 15 is 0 Å². The third kappa shape index (κ3) is 5.58. The Labute approximate surface area is 179 Å². The maximum atomic E-state index is 6.47. The molecule has 3 aromatic rings. The summed E-state index contributed by atoms with van der Waals surface area (Å²) in [4.78, 5) is 0. The van der Waals surface area contributed by atoms with E-state index in [0.29, 0.717) is 46.3 Å². The monoisotopic (exact) mass is 439 g/mol. The Morgan fingerprint density at radius 2 is 1.82 bits per heavy atom. The number of nitrogens with one attached hydrogen (secondary N) is 1. The van der Waals surface area contributed by atoms with Crippen LogP contribution in [0, 0.1) is 0 Å². The third-order valence-electron chi connectivity index (χ3n) is 3.96. The van der Waals surface area contributed by atoms with Gasteiger partial charge in [-0.05, 0) is 48.9 Å². The number of hydrogen-bond donors (Lipinski definition) is 1. The second kappa shape index (κ2) is 10.1. The van der Waals surface area contributed by atoms with Crippen molar-refractivity contribution >= 4 is 34.8 Å². The van der Waals surface area contributed by atoms with Crippen LogP contribution < -0.4 is 14.8 Å². The molecule has 2 aromatic carbocycles. The largest absolute Gasteiger partial charge is 0.490 e. The summed E-state index contributed by atoms with van der Waals surface area (Å²) in [5, 5.41) is 4.91. The molecule has 0 aliphatic heterocycles. The molecule has 0 saturated heterocycles. The molecule has 3 rings (SSSR count). The van der Waals surface area contributed by atoms with Crippen LogP contribution in [0.4, 0.5) is 0 Å². The van der Waals surface area contributed by atoms with Gasteiger partial charge in [-0.25, -0.2) is 0 Å². The highest BCUT2D eigenvalue weighted by Gasteiger charge is 2.14. The fourth-order valence-corrected chi connectivity index (χ4v) is 3.41. The fraction of sp³-hybridized carbons (Fsp3) is 0.238. The van der Waals surface area contributed by atoms with Crippen molar-refractivity contribution in [3.8, 4) is 11.5 Å². The summed E-state index contributed by atoms with van der Waals surface area (Å²) in [5.74, 6) is 1.95. The van der Waals surface area contributed by atoms with Crippen molar-refractivity contribution in [3.05, 3.63) is 80.7 Å². The quantitative estimate of drug-likeness (QED) is 0.412. The van der Waals surface area contributed by atoms with Crippen molar-refractivity contribution in [1.82, 2.24) is 5.32 Å². The van der Waals surface area contributed by atoms with Gasteiger partial charge in [0.25, 0.3) is 0 Å². The number of hydrogen-bond acceptors (Lipinski definition) is 4. The van der Waals surface area contributed by atoms with Crippen LogP contribution in [0.5, 0.6) is 11.5 Å². The summed E-state index contributed by atoms with van der Waals surface area (Å²) in [6.07, 6.45) is 1.65. The van der Waals surface area contributed by atoms with Crippen molar-refractivity contribution in [3.63, 3.8) is 0 Å². The molecule has 0 spiro atoms. The summed E-state index contributed by atoms with van der Waals surface area (Å²) < 4.78 is 17.0. The minimum Gasteiger partial charge on any atom is -0.490 e. The van der Waals surface area contributed by atoms with Crippen LogP contribution in [-0.2, 0) is 19.7 Å². The van der Waals surface area contributed by atoms with Gasteiger partial charge in [-0.15, -0.1) is 0 Å². The molecule has 0 bridgehead atoms. The van der Waals surface area contributed by atoms with Crippen LogP contribution in [0.15, 0.2) is 53.1 Å². The number of rotatable bonds is 9. The normalized spacial score (nSPS) is 10.9. The van der Waals surface area contributed by atoms with Crippen molar-refractivity contribution < 1.29 is 13.9 Å². The number of ether oxygens (including phenoxy) is 2. The van der Waals surface area contributed by atoms with E-state index in [2.05, 4.69) is 5.32 Å².